The molecule has 1 amide bonds. The van der Waals surface area contributed by atoms with Gasteiger partial charge in [0, 0.05) is 23.7 Å². The van der Waals surface area contributed by atoms with E-state index in [1.165, 1.54) is 12.8 Å². The number of aryl methyl sites for hydroxylation is 1. The van der Waals surface area contributed by atoms with Crippen LogP contribution in [0.4, 0.5) is 5.69 Å². The van der Waals surface area contributed by atoms with Crippen molar-refractivity contribution in [2.24, 2.45) is 0 Å². The monoisotopic (exact) mass is 282 g/mol. The SMILES string of the molecule is CCCCN(C)CCC(=O)Nc1ccc(C)c(Cl)c1. The molecule has 0 aliphatic rings. The predicted molar refractivity (Wildman–Crippen MR) is 81.8 cm³/mol. The van der Waals surface area contributed by atoms with Crippen LogP contribution in [0.25, 0.3) is 0 Å². The standard InChI is InChI=1S/C15H23ClN2O/c1-4-5-9-18(3)10-8-15(19)17-13-7-6-12(2)14(16)11-13/h6-7,11H,4-5,8-10H2,1-3H3,(H,17,19). The van der Waals surface area contributed by atoms with Gasteiger partial charge in [0.05, 0.1) is 0 Å². The average molecular weight is 283 g/mol. The van der Waals surface area contributed by atoms with E-state index >= 15 is 0 Å². The lowest BCUT2D eigenvalue weighted by molar-refractivity contribution is -0.116. The first-order valence-corrected chi connectivity index (χ1v) is 7.15. The third-order valence-corrected chi connectivity index (χ3v) is 3.48. The number of benzene rings is 1. The lowest BCUT2D eigenvalue weighted by Crippen LogP contribution is -2.25. The van der Waals surface area contributed by atoms with Gasteiger partial charge < -0.3 is 10.2 Å². The molecule has 0 saturated heterocycles. The van der Waals surface area contributed by atoms with Gasteiger partial charge in [0.1, 0.15) is 0 Å². The van der Waals surface area contributed by atoms with Gasteiger partial charge in [-0.05, 0) is 44.6 Å². The van der Waals surface area contributed by atoms with E-state index in [2.05, 4.69) is 17.1 Å². The number of carbonyl (C=O) groups is 1. The number of carbonyl (C=O) groups excluding carboxylic acids is 1. The van der Waals surface area contributed by atoms with Gasteiger partial charge in [0.15, 0.2) is 0 Å². The maximum atomic E-state index is 11.8. The molecule has 0 saturated carbocycles. The van der Waals surface area contributed by atoms with Crippen molar-refractivity contribution >= 4 is 23.2 Å². The molecule has 1 aromatic carbocycles. The molecule has 0 radical (unpaired) electrons. The fourth-order valence-electron chi connectivity index (χ4n) is 1.73. The van der Waals surface area contributed by atoms with Gasteiger partial charge in [-0.3, -0.25) is 4.79 Å². The van der Waals surface area contributed by atoms with Gasteiger partial charge in [0.25, 0.3) is 0 Å². The Morgan fingerprint density at radius 3 is 2.74 bits per heavy atom. The molecule has 0 heterocycles. The molecule has 1 aromatic rings. The van der Waals surface area contributed by atoms with E-state index in [4.69, 9.17) is 11.6 Å². The molecule has 0 aliphatic carbocycles. The molecule has 0 bridgehead atoms. The van der Waals surface area contributed by atoms with Gasteiger partial charge in [-0.25, -0.2) is 0 Å². The van der Waals surface area contributed by atoms with Crippen LogP contribution in [0, 0.1) is 6.92 Å². The largest absolute Gasteiger partial charge is 0.326 e. The summed E-state index contributed by atoms with van der Waals surface area (Å²) in [5, 5.41) is 3.55. The van der Waals surface area contributed by atoms with Crippen LogP contribution in [0.1, 0.15) is 31.7 Å². The van der Waals surface area contributed by atoms with Crippen LogP contribution < -0.4 is 5.32 Å². The van der Waals surface area contributed by atoms with Gasteiger partial charge in [-0.2, -0.15) is 0 Å². The molecule has 3 nitrogen and oxygen atoms in total. The Morgan fingerprint density at radius 1 is 1.37 bits per heavy atom. The summed E-state index contributed by atoms with van der Waals surface area (Å²) in [5.41, 5.74) is 1.77. The maximum absolute atomic E-state index is 11.8. The fourth-order valence-corrected chi connectivity index (χ4v) is 1.91. The van der Waals surface area contributed by atoms with Crippen molar-refractivity contribution in [2.75, 3.05) is 25.5 Å². The lowest BCUT2D eigenvalue weighted by atomic mass is 10.2. The first-order chi connectivity index (χ1) is 9.02. The Labute approximate surface area is 120 Å². The summed E-state index contributed by atoms with van der Waals surface area (Å²) in [6.45, 7) is 5.93. The normalized spacial score (nSPS) is 10.8. The number of anilines is 1. The van der Waals surface area contributed by atoms with Gasteiger partial charge in [-0.1, -0.05) is 31.0 Å². The smallest absolute Gasteiger partial charge is 0.225 e. The van der Waals surface area contributed by atoms with Crippen LogP contribution in [-0.4, -0.2) is 30.9 Å². The number of amides is 1. The molecular formula is C15H23ClN2O. The molecule has 106 valence electrons. The molecule has 19 heavy (non-hydrogen) atoms. The Morgan fingerprint density at radius 2 is 2.11 bits per heavy atom. The van der Waals surface area contributed by atoms with Crippen LogP contribution in [-0.2, 0) is 4.79 Å². The predicted octanol–water partition coefficient (Wildman–Crippen LogP) is 3.71. The second-order valence-electron chi connectivity index (χ2n) is 4.92. The summed E-state index contributed by atoms with van der Waals surface area (Å²) in [5.74, 6) is 0.0308. The highest BCUT2D eigenvalue weighted by Gasteiger charge is 2.06. The van der Waals surface area contributed by atoms with Gasteiger partial charge in [0.2, 0.25) is 5.91 Å². The molecule has 1 N–H and O–H groups in total. The van der Waals surface area contributed by atoms with Crippen LogP contribution in [0.5, 0.6) is 0 Å². The first kappa shape index (κ1) is 16.0. The number of nitrogens with one attached hydrogen (secondary N) is 1. The second kappa shape index (κ2) is 8.18. The number of halogens is 1. The van der Waals surface area contributed by atoms with E-state index in [1.54, 1.807) is 6.07 Å². The minimum absolute atomic E-state index is 0.0308. The maximum Gasteiger partial charge on any atom is 0.225 e. The zero-order valence-corrected chi connectivity index (χ0v) is 12.8. The summed E-state index contributed by atoms with van der Waals surface area (Å²) >= 11 is 6.02. The summed E-state index contributed by atoms with van der Waals surface area (Å²) < 4.78 is 0. The Bertz CT molecular complexity index is 421. The molecule has 0 aliphatic heterocycles. The Balaban J connectivity index is 2.36. The van der Waals surface area contributed by atoms with Crippen molar-refractivity contribution in [1.82, 2.24) is 4.90 Å². The molecule has 0 spiro atoms. The number of nitrogens with zero attached hydrogens (tertiary/aromatic N) is 1. The van der Waals surface area contributed by atoms with Crippen molar-refractivity contribution in [2.45, 2.75) is 33.1 Å². The molecule has 0 aromatic heterocycles. The summed E-state index contributed by atoms with van der Waals surface area (Å²) in [4.78, 5) is 14.0. The van der Waals surface area contributed by atoms with E-state index in [9.17, 15) is 4.79 Å². The van der Waals surface area contributed by atoms with Crippen LogP contribution >= 0.6 is 11.6 Å². The third kappa shape index (κ3) is 6.08. The number of unbranched alkanes of at least 4 members (excludes halogenated alkanes) is 1. The highest BCUT2D eigenvalue weighted by Crippen LogP contribution is 2.19. The Kier molecular flexibility index (Phi) is 6.89. The minimum atomic E-state index is 0.0308. The summed E-state index contributed by atoms with van der Waals surface area (Å²) in [6.07, 6.45) is 2.86. The second-order valence-corrected chi connectivity index (χ2v) is 5.33. The van der Waals surface area contributed by atoms with Crippen LogP contribution in [0.3, 0.4) is 0 Å². The number of hydrogen-bond donors (Lipinski definition) is 1. The summed E-state index contributed by atoms with van der Waals surface area (Å²) in [6, 6.07) is 5.57. The van der Waals surface area contributed by atoms with Crippen LogP contribution in [0.2, 0.25) is 5.02 Å². The average Bonchev–Trinajstić information content (AvgIpc) is 2.38. The van der Waals surface area contributed by atoms with E-state index in [0.29, 0.717) is 11.4 Å². The highest BCUT2D eigenvalue weighted by molar-refractivity contribution is 6.31. The van der Waals surface area contributed by atoms with Crippen LogP contribution in [0.15, 0.2) is 18.2 Å². The third-order valence-electron chi connectivity index (χ3n) is 3.07. The molecule has 0 atom stereocenters. The Hall–Kier alpha value is -1.06. The van der Waals surface area contributed by atoms with E-state index in [0.717, 1.165) is 24.3 Å². The zero-order valence-electron chi connectivity index (χ0n) is 12.0. The fraction of sp³-hybridized carbons (Fsp3) is 0.533. The van der Waals surface area contributed by atoms with Crippen molar-refractivity contribution in [3.05, 3.63) is 28.8 Å². The van der Waals surface area contributed by atoms with Crippen molar-refractivity contribution < 1.29 is 4.79 Å². The highest BCUT2D eigenvalue weighted by atomic mass is 35.5. The van der Waals surface area contributed by atoms with E-state index in [-0.39, 0.29) is 5.91 Å². The molecule has 0 fully saturated rings. The number of hydrogen-bond acceptors (Lipinski definition) is 2. The van der Waals surface area contributed by atoms with Crippen molar-refractivity contribution in [3.8, 4) is 0 Å². The lowest BCUT2D eigenvalue weighted by Gasteiger charge is -2.15. The molecule has 1 rings (SSSR count). The van der Waals surface area contributed by atoms with Crippen molar-refractivity contribution in [1.29, 1.82) is 0 Å². The molecule has 0 unspecified atom stereocenters. The molecular weight excluding hydrogens is 260 g/mol. The van der Waals surface area contributed by atoms with Crippen molar-refractivity contribution in [3.63, 3.8) is 0 Å². The quantitative estimate of drug-likeness (QED) is 0.827. The zero-order chi connectivity index (χ0) is 14.3. The molecule has 4 heteroatoms. The number of rotatable bonds is 7. The van der Waals surface area contributed by atoms with Gasteiger partial charge in [-0.15, -0.1) is 0 Å². The van der Waals surface area contributed by atoms with E-state index in [1.807, 2.05) is 26.1 Å². The summed E-state index contributed by atoms with van der Waals surface area (Å²) in [7, 11) is 2.05. The van der Waals surface area contributed by atoms with Gasteiger partial charge >= 0.3 is 0 Å². The first-order valence-electron chi connectivity index (χ1n) is 6.77. The minimum Gasteiger partial charge on any atom is -0.326 e. The van der Waals surface area contributed by atoms with E-state index < -0.39 is 0 Å². The topological polar surface area (TPSA) is 32.3 Å².